The molecule has 17 heavy (non-hydrogen) atoms. The summed E-state index contributed by atoms with van der Waals surface area (Å²) in [6.07, 6.45) is 0. The minimum atomic E-state index is -0.0600. The molecule has 0 atom stereocenters. The number of methoxy groups -OCH3 is 1. The van der Waals surface area contributed by atoms with E-state index in [0.717, 1.165) is 5.69 Å². The average Bonchev–Trinajstić information content (AvgIpc) is 2.26. The summed E-state index contributed by atoms with van der Waals surface area (Å²) in [6.45, 7) is 4.04. The first kappa shape index (κ1) is 13.2. The topological polar surface area (TPSA) is 76.4 Å². The monoisotopic (exact) mass is 237 g/mol. The number of nitrogens with one attached hydrogen (secondary N) is 2. The van der Waals surface area contributed by atoms with Crippen molar-refractivity contribution in [2.24, 2.45) is 0 Å². The van der Waals surface area contributed by atoms with E-state index >= 15 is 0 Å². The van der Waals surface area contributed by atoms with E-state index in [1.165, 1.54) is 0 Å². The molecule has 0 aliphatic carbocycles. The van der Waals surface area contributed by atoms with Gasteiger partial charge in [-0.25, -0.2) is 0 Å². The number of benzene rings is 1. The lowest BCUT2D eigenvalue weighted by Gasteiger charge is -2.12. The molecule has 0 saturated heterocycles. The molecular weight excluding hydrogens is 218 g/mol. The van der Waals surface area contributed by atoms with Crippen LogP contribution >= 0.6 is 0 Å². The summed E-state index contributed by atoms with van der Waals surface area (Å²) in [5.74, 6) is 0.634. The number of carbonyl (C=O) groups is 1. The highest BCUT2D eigenvalue weighted by molar-refractivity contribution is 5.82. The van der Waals surface area contributed by atoms with Crippen LogP contribution in [0.3, 0.4) is 0 Å². The molecule has 1 aromatic rings. The quantitative estimate of drug-likeness (QED) is 0.673. The Morgan fingerprint density at radius 3 is 2.71 bits per heavy atom. The van der Waals surface area contributed by atoms with Gasteiger partial charge < -0.3 is 21.1 Å². The number of ether oxygens (including phenoxy) is 1. The van der Waals surface area contributed by atoms with Crippen LogP contribution in [0.4, 0.5) is 11.4 Å². The van der Waals surface area contributed by atoms with Gasteiger partial charge in [0.05, 0.1) is 25.0 Å². The summed E-state index contributed by atoms with van der Waals surface area (Å²) in [5.41, 5.74) is 7.09. The zero-order chi connectivity index (χ0) is 12.8. The summed E-state index contributed by atoms with van der Waals surface area (Å²) in [6, 6.07) is 5.43. The first-order chi connectivity index (χ1) is 8.02. The molecule has 5 nitrogen and oxygen atoms in total. The fourth-order valence-electron chi connectivity index (χ4n) is 1.38. The summed E-state index contributed by atoms with van der Waals surface area (Å²) >= 11 is 0. The van der Waals surface area contributed by atoms with Crippen LogP contribution in [-0.4, -0.2) is 25.6 Å². The Bertz CT molecular complexity index is 391. The van der Waals surface area contributed by atoms with Crippen molar-refractivity contribution in [3.05, 3.63) is 18.2 Å². The molecule has 0 aliphatic rings. The van der Waals surface area contributed by atoms with Crippen LogP contribution in [0, 0.1) is 0 Å². The highest BCUT2D eigenvalue weighted by Crippen LogP contribution is 2.23. The van der Waals surface area contributed by atoms with Crippen LogP contribution in [-0.2, 0) is 4.79 Å². The first-order valence-electron chi connectivity index (χ1n) is 5.49. The number of rotatable bonds is 5. The first-order valence-corrected chi connectivity index (χ1v) is 5.49. The second-order valence-corrected chi connectivity index (χ2v) is 4.03. The molecule has 0 radical (unpaired) electrons. The molecule has 0 unspecified atom stereocenters. The molecule has 0 spiro atoms. The maximum absolute atomic E-state index is 11.4. The molecule has 5 heteroatoms. The van der Waals surface area contributed by atoms with Crippen LogP contribution in [0.5, 0.6) is 5.75 Å². The fourth-order valence-corrected chi connectivity index (χ4v) is 1.38. The Morgan fingerprint density at radius 1 is 1.47 bits per heavy atom. The smallest absolute Gasteiger partial charge is 0.239 e. The number of nitrogen functional groups attached to an aromatic ring is 1. The van der Waals surface area contributed by atoms with Crippen molar-refractivity contribution < 1.29 is 9.53 Å². The van der Waals surface area contributed by atoms with Gasteiger partial charge in [-0.05, 0) is 26.0 Å². The van der Waals surface area contributed by atoms with Gasteiger partial charge in [0.1, 0.15) is 5.75 Å². The Balaban J connectivity index is 2.55. The number of carbonyl (C=O) groups excluding carboxylic acids is 1. The number of hydrogen-bond acceptors (Lipinski definition) is 4. The third-order valence-electron chi connectivity index (χ3n) is 2.15. The number of hydrogen-bond donors (Lipinski definition) is 3. The van der Waals surface area contributed by atoms with Gasteiger partial charge in [0.2, 0.25) is 5.91 Å². The molecule has 0 fully saturated rings. The van der Waals surface area contributed by atoms with Gasteiger partial charge in [0.15, 0.2) is 0 Å². The lowest BCUT2D eigenvalue weighted by molar-refractivity contribution is -0.119. The van der Waals surface area contributed by atoms with E-state index in [-0.39, 0.29) is 18.5 Å². The Morgan fingerprint density at radius 2 is 2.18 bits per heavy atom. The Hall–Kier alpha value is -1.91. The average molecular weight is 237 g/mol. The van der Waals surface area contributed by atoms with Crippen LogP contribution in [0.15, 0.2) is 18.2 Å². The van der Waals surface area contributed by atoms with E-state index in [0.29, 0.717) is 11.4 Å². The third kappa shape index (κ3) is 4.22. The largest absolute Gasteiger partial charge is 0.497 e. The number of nitrogens with two attached hydrogens (primary N) is 1. The lowest BCUT2D eigenvalue weighted by atomic mass is 10.2. The van der Waals surface area contributed by atoms with E-state index in [9.17, 15) is 4.79 Å². The highest BCUT2D eigenvalue weighted by Gasteiger charge is 2.05. The second kappa shape index (κ2) is 5.98. The van der Waals surface area contributed by atoms with Crippen LogP contribution in [0.1, 0.15) is 13.8 Å². The van der Waals surface area contributed by atoms with E-state index < -0.39 is 0 Å². The maximum atomic E-state index is 11.4. The highest BCUT2D eigenvalue weighted by atomic mass is 16.5. The molecular formula is C12H19N3O2. The van der Waals surface area contributed by atoms with Gasteiger partial charge in [0.25, 0.3) is 0 Å². The summed E-state index contributed by atoms with van der Waals surface area (Å²) in [4.78, 5) is 11.4. The fraction of sp³-hybridized carbons (Fsp3) is 0.417. The summed E-state index contributed by atoms with van der Waals surface area (Å²) in [5, 5.41) is 5.76. The molecule has 1 aromatic carbocycles. The molecule has 1 rings (SSSR count). The molecule has 0 bridgehead atoms. The number of anilines is 2. The lowest BCUT2D eigenvalue weighted by Crippen LogP contribution is -2.34. The molecule has 0 aromatic heterocycles. The van der Waals surface area contributed by atoms with Crippen LogP contribution < -0.4 is 21.1 Å². The molecule has 0 saturated carbocycles. The van der Waals surface area contributed by atoms with Gasteiger partial charge in [-0.1, -0.05) is 0 Å². The zero-order valence-corrected chi connectivity index (χ0v) is 10.4. The van der Waals surface area contributed by atoms with Crippen molar-refractivity contribution in [2.75, 3.05) is 24.7 Å². The van der Waals surface area contributed by atoms with Gasteiger partial charge in [0, 0.05) is 12.1 Å². The SMILES string of the molecule is COc1ccc(NCC(=O)NC(C)C)c(N)c1. The zero-order valence-electron chi connectivity index (χ0n) is 10.4. The number of amides is 1. The van der Waals surface area contributed by atoms with E-state index in [4.69, 9.17) is 10.5 Å². The molecule has 94 valence electrons. The second-order valence-electron chi connectivity index (χ2n) is 4.03. The Labute approximate surface area is 101 Å². The van der Waals surface area contributed by atoms with Gasteiger partial charge in [-0.3, -0.25) is 4.79 Å². The van der Waals surface area contributed by atoms with Gasteiger partial charge in [-0.2, -0.15) is 0 Å². The van der Waals surface area contributed by atoms with Crippen molar-refractivity contribution in [3.8, 4) is 5.75 Å². The van der Waals surface area contributed by atoms with E-state index in [1.54, 1.807) is 25.3 Å². The summed E-state index contributed by atoms with van der Waals surface area (Å²) in [7, 11) is 1.58. The minimum Gasteiger partial charge on any atom is -0.497 e. The minimum absolute atomic E-state index is 0.0600. The molecule has 4 N–H and O–H groups in total. The van der Waals surface area contributed by atoms with Crippen molar-refractivity contribution >= 4 is 17.3 Å². The Kier molecular flexibility index (Phi) is 4.63. The van der Waals surface area contributed by atoms with Crippen molar-refractivity contribution in [3.63, 3.8) is 0 Å². The summed E-state index contributed by atoms with van der Waals surface area (Å²) < 4.78 is 5.04. The maximum Gasteiger partial charge on any atom is 0.239 e. The van der Waals surface area contributed by atoms with Crippen molar-refractivity contribution in [1.82, 2.24) is 5.32 Å². The predicted molar refractivity (Wildman–Crippen MR) is 69.2 cm³/mol. The molecule has 1 amide bonds. The standard InChI is InChI=1S/C12H19N3O2/c1-8(2)15-12(16)7-14-11-5-4-9(17-3)6-10(11)13/h4-6,8,14H,7,13H2,1-3H3,(H,15,16). The normalized spacial score (nSPS) is 10.1. The van der Waals surface area contributed by atoms with Crippen molar-refractivity contribution in [2.45, 2.75) is 19.9 Å². The van der Waals surface area contributed by atoms with Crippen LogP contribution in [0.2, 0.25) is 0 Å². The van der Waals surface area contributed by atoms with Crippen molar-refractivity contribution in [1.29, 1.82) is 0 Å². The van der Waals surface area contributed by atoms with E-state index in [2.05, 4.69) is 10.6 Å². The van der Waals surface area contributed by atoms with Gasteiger partial charge in [-0.15, -0.1) is 0 Å². The van der Waals surface area contributed by atoms with E-state index in [1.807, 2.05) is 13.8 Å². The predicted octanol–water partition coefficient (Wildman–Crippen LogP) is 1.21. The third-order valence-corrected chi connectivity index (χ3v) is 2.15. The van der Waals surface area contributed by atoms with Crippen LogP contribution in [0.25, 0.3) is 0 Å². The molecule has 0 heterocycles. The molecule has 0 aliphatic heterocycles. The van der Waals surface area contributed by atoms with Gasteiger partial charge >= 0.3 is 0 Å².